The molecule has 0 fully saturated rings. The van der Waals surface area contributed by atoms with E-state index < -0.39 is 31.6 Å². The Morgan fingerprint density at radius 1 is 1.07 bits per heavy atom. The van der Waals surface area contributed by atoms with E-state index in [0.29, 0.717) is 29.0 Å². The molecule has 3 atom stereocenters. The number of esters is 1. The molecule has 4 N–H and O–H groups in total. The number of para-hydroxylation sites is 1. The number of rotatable bonds is 13. The molecule has 45 heavy (non-hydrogen) atoms. The van der Waals surface area contributed by atoms with Crippen LogP contribution in [0.3, 0.4) is 0 Å². The van der Waals surface area contributed by atoms with Crippen LogP contribution in [-0.4, -0.2) is 50.2 Å². The van der Waals surface area contributed by atoms with Crippen LogP contribution in [0.4, 0.5) is 5.82 Å². The largest absolute Gasteiger partial charge is 0.462 e. The molecule has 0 saturated carbocycles. The van der Waals surface area contributed by atoms with Crippen molar-refractivity contribution in [1.82, 2.24) is 19.6 Å². The average Bonchev–Trinajstić information content (AvgIpc) is 3.33. The Morgan fingerprint density at radius 2 is 1.78 bits per heavy atom. The van der Waals surface area contributed by atoms with Gasteiger partial charge in [-0.1, -0.05) is 48.5 Å². The van der Waals surface area contributed by atoms with Gasteiger partial charge >= 0.3 is 13.7 Å². The fraction of sp³-hybridized carbons (Fsp3) is 0.344. The van der Waals surface area contributed by atoms with Gasteiger partial charge in [-0.25, -0.2) is 14.5 Å². The van der Waals surface area contributed by atoms with Crippen LogP contribution in [-0.2, 0) is 36.5 Å². The topological polar surface area (TPSA) is 160 Å². The number of nitrogens with two attached hydrogens (primary N) is 1. The first kappa shape index (κ1) is 32.3. The number of aliphatic hydroxyl groups is 1. The van der Waals surface area contributed by atoms with Crippen molar-refractivity contribution < 1.29 is 33.0 Å². The molecule has 0 aliphatic heterocycles. The van der Waals surface area contributed by atoms with Crippen LogP contribution < -0.4 is 15.3 Å². The first-order valence-electron chi connectivity index (χ1n) is 14.7. The quantitative estimate of drug-likeness (QED) is 0.0827. The second-order valence-electron chi connectivity index (χ2n) is 11.2. The molecule has 12 nitrogen and oxygen atoms in total. The number of nitrogen functional groups attached to an aromatic ring is 1. The highest BCUT2D eigenvalue weighted by Gasteiger charge is 2.40. The SMILES string of the molecule is CCOCc1nc2c(N)nc3ccccc3c2n1CC(C)(O)OP(=O)(N[C@@H](C)C(=O)OC(C)C)Oc1ccc2ccccc2c1. The molecule has 5 aromatic rings. The van der Waals surface area contributed by atoms with Crippen molar-refractivity contribution in [3.8, 4) is 5.75 Å². The van der Waals surface area contributed by atoms with Gasteiger partial charge in [0.1, 0.15) is 29.7 Å². The van der Waals surface area contributed by atoms with Crippen molar-refractivity contribution in [2.75, 3.05) is 12.3 Å². The van der Waals surface area contributed by atoms with E-state index >= 15 is 0 Å². The Labute approximate surface area is 261 Å². The number of anilines is 1. The Balaban J connectivity index is 1.53. The molecule has 2 aromatic heterocycles. The van der Waals surface area contributed by atoms with Crippen molar-refractivity contribution in [3.05, 3.63) is 72.6 Å². The minimum atomic E-state index is -4.47. The van der Waals surface area contributed by atoms with E-state index in [4.69, 9.17) is 24.3 Å². The molecule has 2 heterocycles. The Morgan fingerprint density at radius 3 is 2.51 bits per heavy atom. The van der Waals surface area contributed by atoms with Gasteiger partial charge in [-0.15, -0.1) is 0 Å². The highest BCUT2D eigenvalue weighted by Crippen LogP contribution is 2.49. The fourth-order valence-electron chi connectivity index (χ4n) is 5.02. The van der Waals surface area contributed by atoms with Crippen molar-refractivity contribution in [1.29, 1.82) is 0 Å². The van der Waals surface area contributed by atoms with Gasteiger partial charge in [0.25, 0.3) is 0 Å². The van der Waals surface area contributed by atoms with Crippen LogP contribution in [0.1, 0.15) is 40.4 Å². The lowest BCUT2D eigenvalue weighted by Gasteiger charge is -2.31. The molecule has 0 aliphatic rings. The van der Waals surface area contributed by atoms with E-state index in [-0.39, 0.29) is 24.7 Å². The van der Waals surface area contributed by atoms with Crippen molar-refractivity contribution >= 4 is 52.2 Å². The van der Waals surface area contributed by atoms with E-state index in [1.165, 1.54) is 13.8 Å². The number of imidazole rings is 1. The van der Waals surface area contributed by atoms with Crippen LogP contribution >= 0.6 is 7.75 Å². The lowest BCUT2D eigenvalue weighted by Crippen LogP contribution is -2.40. The van der Waals surface area contributed by atoms with Crippen molar-refractivity contribution in [2.24, 2.45) is 0 Å². The van der Waals surface area contributed by atoms with E-state index in [0.717, 1.165) is 16.2 Å². The third-order valence-corrected chi connectivity index (χ3v) is 8.69. The van der Waals surface area contributed by atoms with Crippen LogP contribution in [0.25, 0.3) is 32.7 Å². The summed E-state index contributed by atoms with van der Waals surface area (Å²) in [7, 11) is -4.47. The van der Waals surface area contributed by atoms with Gasteiger partial charge in [0.15, 0.2) is 11.6 Å². The highest BCUT2D eigenvalue weighted by molar-refractivity contribution is 7.52. The number of aromatic nitrogens is 3. The van der Waals surface area contributed by atoms with Crippen LogP contribution in [0.15, 0.2) is 66.7 Å². The zero-order chi connectivity index (χ0) is 32.4. The Kier molecular flexibility index (Phi) is 9.43. The van der Waals surface area contributed by atoms with Crippen molar-refractivity contribution in [3.63, 3.8) is 0 Å². The number of pyridine rings is 1. The maximum absolute atomic E-state index is 14.4. The summed E-state index contributed by atoms with van der Waals surface area (Å²) in [6, 6.07) is 19.0. The third kappa shape index (κ3) is 7.43. The zero-order valence-electron chi connectivity index (χ0n) is 25.9. The van der Waals surface area contributed by atoms with Gasteiger partial charge in [0, 0.05) is 12.0 Å². The Bertz CT molecular complexity index is 1890. The number of ether oxygens (including phenoxy) is 2. The van der Waals surface area contributed by atoms with E-state index in [1.807, 2.05) is 61.5 Å². The minimum Gasteiger partial charge on any atom is -0.462 e. The summed E-state index contributed by atoms with van der Waals surface area (Å²) in [4.78, 5) is 21.9. The molecular formula is C32H38N5O7P. The molecule has 238 valence electrons. The standard InChI is InChI=1S/C32H38N5O7P/c1-6-41-18-27-35-28-29(25-13-9-10-14-26(25)34-30(28)33)37(27)19-32(5,39)44-45(40,36-21(4)31(38)42-20(2)3)43-24-16-15-22-11-7-8-12-23(22)17-24/h7-17,20-21,39H,6,18-19H2,1-5H3,(H2,33,34)(H,36,40)/t21-,32?,45?/m0/s1. The normalized spacial score (nSPS) is 15.3. The molecule has 3 aromatic carbocycles. The minimum absolute atomic E-state index is 0.108. The molecule has 5 rings (SSSR count). The fourth-order valence-corrected chi connectivity index (χ4v) is 6.71. The molecular weight excluding hydrogens is 597 g/mol. The van der Waals surface area contributed by atoms with Crippen LogP contribution in [0, 0.1) is 0 Å². The molecule has 0 aliphatic carbocycles. The summed E-state index contributed by atoms with van der Waals surface area (Å²) < 4.78 is 39.0. The average molecular weight is 636 g/mol. The maximum atomic E-state index is 14.4. The molecule has 0 bridgehead atoms. The number of benzene rings is 3. The number of carbonyl (C=O) groups is 1. The van der Waals surface area contributed by atoms with Gasteiger partial charge < -0.3 is 29.4 Å². The molecule has 0 spiro atoms. The second-order valence-corrected chi connectivity index (χ2v) is 12.8. The summed E-state index contributed by atoms with van der Waals surface area (Å²) >= 11 is 0. The van der Waals surface area contributed by atoms with Gasteiger partial charge in [-0.05, 0) is 63.6 Å². The number of fused-ring (bicyclic) bond motifs is 4. The van der Waals surface area contributed by atoms with Crippen LogP contribution in [0.2, 0.25) is 0 Å². The number of carbonyl (C=O) groups excluding carboxylic acids is 1. The van der Waals surface area contributed by atoms with E-state index in [1.54, 1.807) is 30.5 Å². The number of hydrogen-bond acceptors (Lipinski definition) is 10. The molecule has 0 amide bonds. The highest BCUT2D eigenvalue weighted by atomic mass is 31.2. The molecule has 2 unspecified atom stereocenters. The maximum Gasteiger partial charge on any atom is 0.462 e. The summed E-state index contributed by atoms with van der Waals surface area (Å²) in [6.45, 7) is 8.38. The van der Waals surface area contributed by atoms with Crippen LogP contribution in [0.5, 0.6) is 5.75 Å². The summed E-state index contributed by atoms with van der Waals surface area (Å²) in [6.07, 6.45) is -0.401. The monoisotopic (exact) mass is 635 g/mol. The van der Waals surface area contributed by atoms with E-state index in [9.17, 15) is 14.5 Å². The van der Waals surface area contributed by atoms with Gasteiger partial charge in [0.05, 0.1) is 23.7 Å². The summed E-state index contributed by atoms with van der Waals surface area (Å²) in [5.41, 5.74) is 7.97. The first-order chi connectivity index (χ1) is 21.4. The van der Waals surface area contributed by atoms with Crippen molar-refractivity contribution in [2.45, 2.75) is 65.7 Å². The summed E-state index contributed by atoms with van der Waals surface area (Å²) in [5, 5.41) is 16.9. The molecule has 0 radical (unpaired) electrons. The Hall–Kier alpha value is -4.06. The predicted molar refractivity (Wildman–Crippen MR) is 172 cm³/mol. The first-order valence-corrected chi connectivity index (χ1v) is 16.2. The van der Waals surface area contributed by atoms with Gasteiger partial charge in [-0.2, -0.15) is 5.09 Å². The number of hydrogen-bond donors (Lipinski definition) is 3. The third-order valence-electron chi connectivity index (χ3n) is 6.90. The second kappa shape index (κ2) is 13.1. The zero-order valence-corrected chi connectivity index (χ0v) is 26.8. The predicted octanol–water partition coefficient (Wildman–Crippen LogP) is 5.70. The number of nitrogens with zero attached hydrogens (tertiary/aromatic N) is 3. The number of nitrogens with one attached hydrogen (secondary N) is 1. The lowest BCUT2D eigenvalue weighted by molar-refractivity contribution is -0.150. The molecule has 0 saturated heterocycles. The summed E-state index contributed by atoms with van der Waals surface area (Å²) in [5.74, 6) is -1.92. The molecule has 13 heteroatoms. The lowest BCUT2D eigenvalue weighted by atomic mass is 10.1. The van der Waals surface area contributed by atoms with Gasteiger partial charge in [-0.3, -0.25) is 9.32 Å². The smallest absolute Gasteiger partial charge is 0.462 e. The van der Waals surface area contributed by atoms with Gasteiger partial charge in [0.2, 0.25) is 0 Å². The van der Waals surface area contributed by atoms with E-state index in [2.05, 4.69) is 15.1 Å².